The molecule has 0 bridgehead atoms. The molecule has 4 heteroatoms. The molecular formula is C9H14FN3. The molecule has 0 saturated carbocycles. The van der Waals surface area contributed by atoms with Crippen molar-refractivity contribution >= 4 is 0 Å². The van der Waals surface area contributed by atoms with Gasteiger partial charge in [0, 0.05) is 0 Å². The lowest BCUT2D eigenvalue weighted by Gasteiger charge is -2.01. The molecule has 72 valence electrons. The Morgan fingerprint density at radius 3 is 2.00 bits per heavy atom. The van der Waals surface area contributed by atoms with Crippen molar-refractivity contribution in [3.63, 3.8) is 0 Å². The molecule has 1 fully saturated rings. The molecule has 3 nitrogen and oxygen atoms in total. The summed E-state index contributed by atoms with van der Waals surface area (Å²) in [4.78, 5) is 9.16. The van der Waals surface area contributed by atoms with Crippen LogP contribution < -0.4 is 0 Å². The highest BCUT2D eigenvalue weighted by Crippen LogP contribution is 2.02. The number of aromatic nitrogens is 2. The summed E-state index contributed by atoms with van der Waals surface area (Å²) >= 11 is 0. The third kappa shape index (κ3) is 4.52. The monoisotopic (exact) mass is 183 g/mol. The number of hydrogen-bond acceptors (Lipinski definition) is 3. The van der Waals surface area contributed by atoms with Crippen molar-refractivity contribution in [2.24, 2.45) is 0 Å². The van der Waals surface area contributed by atoms with Crippen LogP contribution in [-0.4, -0.2) is 35.0 Å². The van der Waals surface area contributed by atoms with Crippen molar-refractivity contribution < 1.29 is 4.39 Å². The predicted molar refractivity (Wildman–Crippen MR) is 48.7 cm³/mol. The first-order valence-electron chi connectivity index (χ1n) is 4.38. The Bertz CT molecular complexity index is 222. The second-order valence-corrected chi connectivity index (χ2v) is 3.07. The number of rotatable bonds is 0. The quantitative estimate of drug-likeness (QED) is 0.607. The number of likely N-dealkylation sites (tertiary alicyclic amines) is 1. The number of hydrogen-bond donors (Lipinski definition) is 0. The first-order valence-corrected chi connectivity index (χ1v) is 4.38. The second kappa shape index (κ2) is 5.59. The first-order chi connectivity index (χ1) is 6.29. The van der Waals surface area contributed by atoms with Gasteiger partial charge in [-0.25, -0.2) is 14.4 Å². The second-order valence-electron chi connectivity index (χ2n) is 3.07. The van der Waals surface area contributed by atoms with Gasteiger partial charge in [0.05, 0.1) is 12.4 Å². The molecule has 0 atom stereocenters. The van der Waals surface area contributed by atoms with Crippen LogP contribution in [0.1, 0.15) is 12.8 Å². The zero-order chi connectivity index (χ0) is 9.52. The van der Waals surface area contributed by atoms with Gasteiger partial charge in [-0.2, -0.15) is 0 Å². The fourth-order valence-corrected chi connectivity index (χ4v) is 1.16. The van der Waals surface area contributed by atoms with E-state index in [1.165, 1.54) is 32.3 Å². The van der Waals surface area contributed by atoms with Crippen molar-refractivity contribution in [3.05, 3.63) is 24.5 Å². The highest BCUT2D eigenvalue weighted by Gasteiger charge is 2.03. The molecule has 1 aromatic heterocycles. The van der Waals surface area contributed by atoms with Gasteiger partial charge < -0.3 is 4.90 Å². The largest absolute Gasteiger partial charge is 0.306 e. The summed E-state index contributed by atoms with van der Waals surface area (Å²) in [7, 11) is 2.17. The lowest BCUT2D eigenvalue weighted by atomic mass is 10.4. The number of halogens is 1. The molecule has 2 rings (SSSR count). The predicted octanol–water partition coefficient (Wildman–Crippen LogP) is 1.33. The third-order valence-electron chi connectivity index (χ3n) is 1.86. The van der Waals surface area contributed by atoms with E-state index in [1.54, 1.807) is 0 Å². The molecule has 1 aliphatic rings. The van der Waals surface area contributed by atoms with Crippen LogP contribution in [0.25, 0.3) is 0 Å². The van der Waals surface area contributed by atoms with Gasteiger partial charge in [0.15, 0.2) is 5.82 Å². The van der Waals surface area contributed by atoms with E-state index in [4.69, 9.17) is 0 Å². The van der Waals surface area contributed by atoms with Crippen molar-refractivity contribution in [2.75, 3.05) is 20.1 Å². The minimum Gasteiger partial charge on any atom is -0.306 e. The molecule has 0 radical (unpaired) electrons. The van der Waals surface area contributed by atoms with Gasteiger partial charge >= 0.3 is 0 Å². The normalized spacial score (nSPS) is 16.5. The van der Waals surface area contributed by atoms with Gasteiger partial charge in [0.1, 0.15) is 6.33 Å². The molecule has 1 aliphatic heterocycles. The Morgan fingerprint density at radius 1 is 1.23 bits per heavy atom. The lowest BCUT2D eigenvalue weighted by molar-refractivity contribution is 0.418. The van der Waals surface area contributed by atoms with Gasteiger partial charge in [0.2, 0.25) is 0 Å². The summed E-state index contributed by atoms with van der Waals surface area (Å²) in [5, 5.41) is 0. The van der Waals surface area contributed by atoms with Crippen LogP contribution in [0.5, 0.6) is 0 Å². The van der Waals surface area contributed by atoms with E-state index < -0.39 is 5.82 Å². The molecule has 0 aromatic carbocycles. The minimum absolute atomic E-state index is 0.400. The van der Waals surface area contributed by atoms with Crippen LogP contribution in [0.3, 0.4) is 0 Å². The zero-order valence-electron chi connectivity index (χ0n) is 7.78. The average molecular weight is 183 g/mol. The van der Waals surface area contributed by atoms with E-state index in [-0.39, 0.29) is 0 Å². The highest BCUT2D eigenvalue weighted by molar-refractivity contribution is 4.80. The fourth-order valence-electron chi connectivity index (χ4n) is 1.16. The van der Waals surface area contributed by atoms with Crippen LogP contribution in [-0.2, 0) is 0 Å². The standard InChI is InChI=1S/C5H11N.C4H3FN2/c1-6-4-2-3-5-6;5-4-1-6-3-7-2-4/h2-5H2,1H3;1-3H. The summed E-state index contributed by atoms with van der Waals surface area (Å²) in [5.74, 6) is -0.400. The number of nitrogens with zero attached hydrogens (tertiary/aromatic N) is 3. The van der Waals surface area contributed by atoms with Crippen molar-refractivity contribution in [3.8, 4) is 0 Å². The van der Waals surface area contributed by atoms with Crippen molar-refractivity contribution in [1.29, 1.82) is 0 Å². The minimum atomic E-state index is -0.400. The molecule has 1 saturated heterocycles. The van der Waals surface area contributed by atoms with Gasteiger partial charge in [-0.1, -0.05) is 0 Å². The van der Waals surface area contributed by atoms with Gasteiger partial charge in [-0.15, -0.1) is 0 Å². The Hall–Kier alpha value is -1.03. The highest BCUT2D eigenvalue weighted by atomic mass is 19.1. The third-order valence-corrected chi connectivity index (χ3v) is 1.86. The van der Waals surface area contributed by atoms with Crippen LogP contribution in [0.15, 0.2) is 18.7 Å². The van der Waals surface area contributed by atoms with Gasteiger partial charge in [-0.3, -0.25) is 0 Å². The SMILES string of the molecule is CN1CCCC1.Fc1cncnc1. The Kier molecular flexibility index (Phi) is 4.32. The van der Waals surface area contributed by atoms with Crippen LogP contribution in [0, 0.1) is 5.82 Å². The molecule has 0 spiro atoms. The summed E-state index contributed by atoms with van der Waals surface area (Å²) in [6, 6.07) is 0. The fraction of sp³-hybridized carbons (Fsp3) is 0.556. The van der Waals surface area contributed by atoms with Crippen molar-refractivity contribution in [1.82, 2.24) is 14.9 Å². The zero-order valence-corrected chi connectivity index (χ0v) is 7.78. The topological polar surface area (TPSA) is 29.0 Å². The maximum absolute atomic E-state index is 11.8. The van der Waals surface area contributed by atoms with E-state index in [2.05, 4.69) is 21.9 Å². The summed E-state index contributed by atoms with van der Waals surface area (Å²) in [6.45, 7) is 2.64. The molecular weight excluding hydrogens is 169 g/mol. The van der Waals surface area contributed by atoms with Crippen molar-refractivity contribution in [2.45, 2.75) is 12.8 Å². The van der Waals surface area contributed by atoms with E-state index in [1.807, 2.05) is 0 Å². The molecule has 0 aliphatic carbocycles. The maximum atomic E-state index is 11.8. The van der Waals surface area contributed by atoms with E-state index >= 15 is 0 Å². The van der Waals surface area contributed by atoms with E-state index in [0.29, 0.717) is 0 Å². The maximum Gasteiger partial charge on any atom is 0.159 e. The van der Waals surface area contributed by atoms with Crippen LogP contribution in [0.2, 0.25) is 0 Å². The van der Waals surface area contributed by atoms with E-state index in [9.17, 15) is 4.39 Å². The Balaban J connectivity index is 0.000000132. The summed E-state index contributed by atoms with van der Waals surface area (Å²) in [6.07, 6.45) is 6.32. The summed E-state index contributed by atoms with van der Waals surface area (Å²) in [5.41, 5.74) is 0. The van der Waals surface area contributed by atoms with Crippen LogP contribution >= 0.6 is 0 Å². The average Bonchev–Trinajstić information content (AvgIpc) is 2.58. The molecule has 0 amide bonds. The van der Waals surface area contributed by atoms with Crippen LogP contribution in [0.4, 0.5) is 4.39 Å². The Morgan fingerprint density at radius 2 is 1.77 bits per heavy atom. The Labute approximate surface area is 77.6 Å². The molecule has 2 heterocycles. The van der Waals surface area contributed by atoms with Gasteiger partial charge in [0.25, 0.3) is 0 Å². The summed E-state index contributed by atoms with van der Waals surface area (Å²) < 4.78 is 11.8. The lowest BCUT2D eigenvalue weighted by Crippen LogP contribution is -2.10. The molecule has 0 unspecified atom stereocenters. The smallest absolute Gasteiger partial charge is 0.159 e. The molecule has 1 aromatic rings. The molecule has 0 N–H and O–H groups in total. The first kappa shape index (κ1) is 10.1. The van der Waals surface area contributed by atoms with Gasteiger partial charge in [-0.05, 0) is 33.0 Å². The molecule has 13 heavy (non-hydrogen) atoms. The van der Waals surface area contributed by atoms with E-state index in [0.717, 1.165) is 12.4 Å².